The largest absolute Gasteiger partial charge is 0.356 e. The fraction of sp³-hybridized carbons (Fsp3) is 0.600. The monoisotopic (exact) mass is 299 g/mol. The number of hydrogen-bond acceptors (Lipinski definition) is 2. The van der Waals surface area contributed by atoms with Gasteiger partial charge in [0.2, 0.25) is 0 Å². The van der Waals surface area contributed by atoms with Crippen LogP contribution in [0.5, 0.6) is 0 Å². The molecule has 0 aromatic heterocycles. The summed E-state index contributed by atoms with van der Waals surface area (Å²) in [6.07, 6.45) is 7.28. The Morgan fingerprint density at radius 1 is 1.14 bits per heavy atom. The summed E-state index contributed by atoms with van der Waals surface area (Å²) in [5.74, 6) is 2.00. The molecule has 1 aromatic carbocycles. The second kappa shape index (κ2) is 6.17. The first-order valence-corrected chi connectivity index (χ1v) is 8.64. The van der Waals surface area contributed by atoms with Gasteiger partial charge in [-0.25, -0.2) is 0 Å². The summed E-state index contributed by atoms with van der Waals surface area (Å²) in [5, 5.41) is 3.69. The van der Waals surface area contributed by atoms with Gasteiger partial charge in [-0.1, -0.05) is 50.3 Å². The second-order valence-corrected chi connectivity index (χ2v) is 7.68. The first-order valence-electron chi connectivity index (χ1n) is 8.64. The molecule has 0 bridgehead atoms. The fourth-order valence-electron chi connectivity index (χ4n) is 4.08. The van der Waals surface area contributed by atoms with Gasteiger partial charge in [-0.2, -0.15) is 0 Å². The van der Waals surface area contributed by atoms with Crippen molar-refractivity contribution in [1.82, 2.24) is 5.32 Å². The first kappa shape index (κ1) is 15.8. The van der Waals surface area contributed by atoms with Crippen molar-refractivity contribution >= 4 is 6.08 Å². The number of nitrogens with one attached hydrogen (secondary N) is 1. The van der Waals surface area contributed by atoms with Crippen molar-refractivity contribution in [2.75, 3.05) is 0 Å². The minimum Gasteiger partial charge on any atom is -0.356 e. The lowest BCUT2D eigenvalue weighted by molar-refractivity contribution is -0.159. The summed E-state index contributed by atoms with van der Waals surface area (Å²) in [4.78, 5) is 0. The molecule has 1 saturated heterocycles. The minimum atomic E-state index is 0.00389. The summed E-state index contributed by atoms with van der Waals surface area (Å²) in [6.45, 7) is 9.40. The van der Waals surface area contributed by atoms with Crippen molar-refractivity contribution in [3.63, 3.8) is 0 Å². The highest BCUT2D eigenvalue weighted by Crippen LogP contribution is 2.43. The molecule has 120 valence electrons. The molecule has 1 aliphatic carbocycles. The van der Waals surface area contributed by atoms with Gasteiger partial charge >= 0.3 is 0 Å². The maximum absolute atomic E-state index is 6.43. The molecule has 2 heteroatoms. The van der Waals surface area contributed by atoms with Crippen molar-refractivity contribution in [2.45, 2.75) is 58.4 Å². The Balaban J connectivity index is 1.76. The first-order chi connectivity index (χ1) is 10.5. The lowest BCUT2D eigenvalue weighted by atomic mass is 9.66. The van der Waals surface area contributed by atoms with Gasteiger partial charge in [-0.05, 0) is 50.2 Å². The van der Waals surface area contributed by atoms with E-state index in [-0.39, 0.29) is 11.8 Å². The molecule has 0 spiro atoms. The zero-order valence-corrected chi connectivity index (χ0v) is 14.3. The van der Waals surface area contributed by atoms with Gasteiger partial charge in [-0.15, -0.1) is 0 Å². The summed E-state index contributed by atoms with van der Waals surface area (Å²) in [7, 11) is 0. The maximum atomic E-state index is 6.43. The third kappa shape index (κ3) is 3.13. The summed E-state index contributed by atoms with van der Waals surface area (Å²) < 4.78 is 6.43. The Labute approximate surface area is 135 Å². The highest BCUT2D eigenvalue weighted by Gasteiger charge is 2.47. The van der Waals surface area contributed by atoms with E-state index in [0.29, 0.717) is 17.9 Å². The number of benzene rings is 1. The molecule has 1 aliphatic heterocycles. The van der Waals surface area contributed by atoms with Crippen LogP contribution in [0.4, 0.5) is 0 Å². The molecule has 1 N–H and O–H groups in total. The highest BCUT2D eigenvalue weighted by atomic mass is 16.5. The molecular formula is C20H29NO. The number of rotatable bonds is 2. The standard InChI is InChI=1S/C20H29NO/c1-14-10-12-17-19(15(14)2)22-18(21-20(17,3)4)13-11-16-8-6-5-7-9-16/h5-9,11,13-15,17-19,21H,10,12H2,1-4H3/b13-11+/t14-,15+,17-,18+,19-/m1/s1. The third-order valence-electron chi connectivity index (χ3n) is 5.75. The smallest absolute Gasteiger partial charge is 0.128 e. The van der Waals surface area contributed by atoms with E-state index in [1.165, 1.54) is 18.4 Å². The van der Waals surface area contributed by atoms with Crippen LogP contribution in [0.3, 0.4) is 0 Å². The lowest BCUT2D eigenvalue weighted by Crippen LogP contribution is -2.64. The molecule has 1 aromatic rings. The van der Waals surface area contributed by atoms with Crippen molar-refractivity contribution in [2.24, 2.45) is 17.8 Å². The van der Waals surface area contributed by atoms with Crippen LogP contribution < -0.4 is 5.32 Å². The average Bonchev–Trinajstić information content (AvgIpc) is 2.49. The van der Waals surface area contributed by atoms with Gasteiger partial charge in [0.15, 0.2) is 0 Å². The number of hydrogen-bond donors (Lipinski definition) is 1. The van der Waals surface area contributed by atoms with Gasteiger partial charge in [0.1, 0.15) is 6.23 Å². The van der Waals surface area contributed by atoms with E-state index >= 15 is 0 Å². The van der Waals surface area contributed by atoms with Crippen LogP contribution in [0.25, 0.3) is 6.08 Å². The topological polar surface area (TPSA) is 21.3 Å². The highest BCUT2D eigenvalue weighted by molar-refractivity contribution is 5.49. The molecular weight excluding hydrogens is 270 g/mol. The van der Waals surface area contributed by atoms with Crippen LogP contribution in [0.1, 0.15) is 46.1 Å². The molecule has 22 heavy (non-hydrogen) atoms. The molecule has 2 nitrogen and oxygen atoms in total. The summed E-state index contributed by atoms with van der Waals surface area (Å²) >= 11 is 0. The zero-order chi connectivity index (χ0) is 15.7. The molecule has 3 rings (SSSR count). The van der Waals surface area contributed by atoms with Crippen LogP contribution in [0.2, 0.25) is 0 Å². The molecule has 1 heterocycles. The molecule has 5 atom stereocenters. The van der Waals surface area contributed by atoms with Crippen molar-refractivity contribution < 1.29 is 4.74 Å². The molecule has 2 fully saturated rings. The minimum absolute atomic E-state index is 0.00389. The quantitative estimate of drug-likeness (QED) is 0.869. The van der Waals surface area contributed by atoms with Gasteiger partial charge in [0.05, 0.1) is 6.10 Å². The Morgan fingerprint density at radius 3 is 2.59 bits per heavy atom. The average molecular weight is 299 g/mol. The molecule has 0 radical (unpaired) electrons. The normalized spacial score (nSPS) is 37.9. The Kier molecular flexibility index (Phi) is 4.42. The van der Waals surface area contributed by atoms with Gasteiger partial charge in [-0.3, -0.25) is 5.32 Å². The van der Waals surface area contributed by atoms with E-state index in [0.717, 1.165) is 5.92 Å². The Hall–Kier alpha value is -1.12. The molecule has 1 saturated carbocycles. The van der Waals surface area contributed by atoms with Crippen molar-refractivity contribution in [3.05, 3.63) is 42.0 Å². The van der Waals surface area contributed by atoms with E-state index in [9.17, 15) is 0 Å². The predicted octanol–water partition coefficient (Wildman–Crippen LogP) is 4.48. The third-order valence-corrected chi connectivity index (χ3v) is 5.75. The van der Waals surface area contributed by atoms with E-state index in [4.69, 9.17) is 4.74 Å². The van der Waals surface area contributed by atoms with Crippen LogP contribution >= 0.6 is 0 Å². The second-order valence-electron chi connectivity index (χ2n) is 7.68. The number of fused-ring (bicyclic) bond motifs is 1. The van der Waals surface area contributed by atoms with Crippen molar-refractivity contribution in [1.29, 1.82) is 0 Å². The van der Waals surface area contributed by atoms with Crippen LogP contribution in [0.15, 0.2) is 36.4 Å². The SMILES string of the molecule is C[C@@H]1[C@H]2O[C@@H](/C=C/c3ccccc3)NC(C)(C)[C@@H]2CC[C@H]1C. The maximum Gasteiger partial charge on any atom is 0.128 e. The lowest BCUT2D eigenvalue weighted by Gasteiger charge is -2.53. The summed E-state index contributed by atoms with van der Waals surface area (Å²) in [6, 6.07) is 10.4. The van der Waals surface area contributed by atoms with Gasteiger partial charge in [0, 0.05) is 11.5 Å². The zero-order valence-electron chi connectivity index (χ0n) is 14.3. The molecule has 0 unspecified atom stereocenters. The van der Waals surface area contributed by atoms with Crippen LogP contribution in [-0.4, -0.2) is 17.9 Å². The van der Waals surface area contributed by atoms with Gasteiger partial charge in [0.25, 0.3) is 0 Å². The van der Waals surface area contributed by atoms with Crippen LogP contribution in [-0.2, 0) is 4.74 Å². The fourth-order valence-corrected chi connectivity index (χ4v) is 4.08. The van der Waals surface area contributed by atoms with E-state index in [1.807, 2.05) is 6.07 Å². The van der Waals surface area contributed by atoms with Crippen LogP contribution in [0, 0.1) is 17.8 Å². The Bertz CT molecular complexity index is 522. The Morgan fingerprint density at radius 2 is 1.86 bits per heavy atom. The summed E-state index contributed by atoms with van der Waals surface area (Å²) in [5.41, 5.74) is 1.35. The number of ether oxygens (including phenoxy) is 1. The van der Waals surface area contributed by atoms with Gasteiger partial charge < -0.3 is 4.74 Å². The van der Waals surface area contributed by atoms with E-state index < -0.39 is 0 Å². The molecule has 2 aliphatic rings. The van der Waals surface area contributed by atoms with E-state index in [2.05, 4.69) is 69.4 Å². The molecule has 0 amide bonds. The predicted molar refractivity (Wildman–Crippen MR) is 92.4 cm³/mol. The van der Waals surface area contributed by atoms with Crippen molar-refractivity contribution in [3.8, 4) is 0 Å². The van der Waals surface area contributed by atoms with E-state index in [1.54, 1.807) is 0 Å².